The van der Waals surface area contributed by atoms with E-state index in [9.17, 15) is 0 Å². The Labute approximate surface area is 86.4 Å². The van der Waals surface area contributed by atoms with E-state index >= 15 is 0 Å². The molecular formula is C11H21N3. The van der Waals surface area contributed by atoms with Crippen LogP contribution in [-0.4, -0.2) is 30.5 Å². The van der Waals surface area contributed by atoms with Crippen molar-refractivity contribution in [1.29, 1.82) is 0 Å². The highest BCUT2D eigenvalue weighted by atomic mass is 15.3. The van der Waals surface area contributed by atoms with Crippen LogP contribution in [-0.2, 0) is 0 Å². The van der Waals surface area contributed by atoms with Gasteiger partial charge in [0.05, 0.1) is 0 Å². The Hall–Kier alpha value is -0.730. The maximum atomic E-state index is 5.92. The lowest BCUT2D eigenvalue weighted by Gasteiger charge is -2.22. The standard InChI is InChI=1S/C11H21N3/c1-2-13-11(12)14-7-9-5-3-4-6-10(9)8-14/h9-10H,2-8H2,1H3,(H2,12,13)/t9-,10+. The molecular weight excluding hydrogens is 174 g/mol. The summed E-state index contributed by atoms with van der Waals surface area (Å²) in [6.45, 7) is 5.15. The molecule has 1 heterocycles. The van der Waals surface area contributed by atoms with Crippen LogP contribution < -0.4 is 5.73 Å². The molecule has 2 atom stereocenters. The van der Waals surface area contributed by atoms with Crippen LogP contribution in [0.2, 0.25) is 0 Å². The monoisotopic (exact) mass is 195 g/mol. The molecule has 1 saturated carbocycles. The van der Waals surface area contributed by atoms with Crippen molar-refractivity contribution in [3.8, 4) is 0 Å². The van der Waals surface area contributed by atoms with E-state index in [1.807, 2.05) is 6.92 Å². The smallest absolute Gasteiger partial charge is 0.191 e. The van der Waals surface area contributed by atoms with Crippen molar-refractivity contribution in [3.05, 3.63) is 0 Å². The van der Waals surface area contributed by atoms with Gasteiger partial charge in [0.2, 0.25) is 0 Å². The van der Waals surface area contributed by atoms with E-state index in [2.05, 4.69) is 9.89 Å². The van der Waals surface area contributed by atoms with Gasteiger partial charge < -0.3 is 10.6 Å². The summed E-state index contributed by atoms with van der Waals surface area (Å²) in [5, 5.41) is 0. The molecule has 3 heteroatoms. The second kappa shape index (κ2) is 4.20. The average Bonchev–Trinajstić information content (AvgIpc) is 2.61. The number of aliphatic imine (C=N–C) groups is 1. The third-order valence-electron chi connectivity index (χ3n) is 3.62. The molecule has 2 rings (SSSR count). The zero-order valence-electron chi connectivity index (χ0n) is 9.08. The molecule has 1 aliphatic carbocycles. The third kappa shape index (κ3) is 1.86. The molecule has 0 spiro atoms. The Kier molecular flexibility index (Phi) is 2.94. The van der Waals surface area contributed by atoms with Gasteiger partial charge in [-0.15, -0.1) is 0 Å². The molecule has 0 aromatic heterocycles. The van der Waals surface area contributed by atoms with Gasteiger partial charge in [-0.05, 0) is 31.6 Å². The molecule has 2 aliphatic rings. The summed E-state index contributed by atoms with van der Waals surface area (Å²) < 4.78 is 0. The van der Waals surface area contributed by atoms with Gasteiger partial charge in [0, 0.05) is 19.6 Å². The van der Waals surface area contributed by atoms with Crippen LogP contribution in [0.4, 0.5) is 0 Å². The van der Waals surface area contributed by atoms with Crippen molar-refractivity contribution in [2.45, 2.75) is 32.6 Å². The molecule has 1 saturated heterocycles. The number of hydrogen-bond acceptors (Lipinski definition) is 1. The van der Waals surface area contributed by atoms with Crippen molar-refractivity contribution < 1.29 is 0 Å². The summed E-state index contributed by atoms with van der Waals surface area (Å²) in [5.41, 5.74) is 5.92. The van der Waals surface area contributed by atoms with Gasteiger partial charge in [0.1, 0.15) is 0 Å². The van der Waals surface area contributed by atoms with Crippen molar-refractivity contribution in [3.63, 3.8) is 0 Å². The average molecular weight is 195 g/mol. The van der Waals surface area contributed by atoms with E-state index < -0.39 is 0 Å². The minimum atomic E-state index is 0.766. The SMILES string of the molecule is CCN=C(N)N1C[C@H]2CCCC[C@H]2C1. The number of rotatable bonds is 1. The van der Waals surface area contributed by atoms with Crippen LogP contribution in [0.25, 0.3) is 0 Å². The Morgan fingerprint density at radius 2 is 1.86 bits per heavy atom. The first-order valence-corrected chi connectivity index (χ1v) is 5.86. The van der Waals surface area contributed by atoms with Gasteiger partial charge in [0.15, 0.2) is 5.96 Å². The first-order chi connectivity index (χ1) is 6.81. The fourth-order valence-corrected chi connectivity index (χ4v) is 2.85. The lowest BCUT2D eigenvalue weighted by molar-refractivity contribution is 0.299. The summed E-state index contributed by atoms with van der Waals surface area (Å²) in [5.74, 6) is 2.56. The van der Waals surface area contributed by atoms with E-state index in [1.165, 1.54) is 25.7 Å². The molecule has 2 N–H and O–H groups in total. The second-order valence-electron chi connectivity index (χ2n) is 4.54. The lowest BCUT2D eigenvalue weighted by atomic mass is 9.82. The number of nitrogens with two attached hydrogens (primary N) is 1. The van der Waals surface area contributed by atoms with Gasteiger partial charge in [-0.1, -0.05) is 12.8 Å². The normalized spacial score (nSPS) is 33.2. The first kappa shape index (κ1) is 9.81. The van der Waals surface area contributed by atoms with E-state index in [1.54, 1.807) is 0 Å². The van der Waals surface area contributed by atoms with Gasteiger partial charge in [-0.25, -0.2) is 0 Å². The first-order valence-electron chi connectivity index (χ1n) is 5.86. The zero-order chi connectivity index (χ0) is 9.97. The fourth-order valence-electron chi connectivity index (χ4n) is 2.85. The molecule has 0 aromatic carbocycles. The summed E-state index contributed by atoms with van der Waals surface area (Å²) in [4.78, 5) is 6.57. The van der Waals surface area contributed by atoms with Crippen LogP contribution in [0, 0.1) is 11.8 Å². The highest BCUT2D eigenvalue weighted by Gasteiger charge is 2.34. The van der Waals surface area contributed by atoms with Gasteiger partial charge >= 0.3 is 0 Å². The Balaban J connectivity index is 1.95. The molecule has 3 nitrogen and oxygen atoms in total. The molecule has 0 bridgehead atoms. The van der Waals surface area contributed by atoms with Crippen LogP contribution >= 0.6 is 0 Å². The second-order valence-corrected chi connectivity index (χ2v) is 4.54. The Bertz CT molecular complexity index is 211. The molecule has 0 unspecified atom stereocenters. The number of hydrogen-bond donors (Lipinski definition) is 1. The van der Waals surface area contributed by atoms with E-state index in [0.717, 1.165) is 37.4 Å². The third-order valence-corrected chi connectivity index (χ3v) is 3.62. The predicted octanol–water partition coefficient (Wildman–Crippen LogP) is 1.44. The molecule has 80 valence electrons. The lowest BCUT2D eigenvalue weighted by Crippen LogP contribution is -2.35. The largest absolute Gasteiger partial charge is 0.370 e. The predicted molar refractivity (Wildman–Crippen MR) is 59.2 cm³/mol. The maximum Gasteiger partial charge on any atom is 0.191 e. The summed E-state index contributed by atoms with van der Waals surface area (Å²) in [7, 11) is 0. The van der Waals surface area contributed by atoms with Crippen LogP contribution in [0.15, 0.2) is 4.99 Å². The number of guanidine groups is 1. The van der Waals surface area contributed by atoms with Crippen molar-refractivity contribution in [1.82, 2.24) is 4.90 Å². The van der Waals surface area contributed by atoms with Crippen molar-refractivity contribution >= 4 is 5.96 Å². The fraction of sp³-hybridized carbons (Fsp3) is 0.909. The summed E-state index contributed by atoms with van der Waals surface area (Å²) in [6, 6.07) is 0. The van der Waals surface area contributed by atoms with E-state index in [0.29, 0.717) is 0 Å². The maximum absolute atomic E-state index is 5.92. The molecule has 0 radical (unpaired) electrons. The topological polar surface area (TPSA) is 41.6 Å². The highest BCUT2D eigenvalue weighted by molar-refractivity contribution is 5.78. The minimum absolute atomic E-state index is 0.766. The molecule has 0 amide bonds. The quantitative estimate of drug-likeness (QED) is 0.508. The van der Waals surface area contributed by atoms with Crippen LogP contribution in [0.1, 0.15) is 32.6 Å². The van der Waals surface area contributed by atoms with Crippen LogP contribution in [0.5, 0.6) is 0 Å². The van der Waals surface area contributed by atoms with Gasteiger partial charge in [0.25, 0.3) is 0 Å². The van der Waals surface area contributed by atoms with Crippen molar-refractivity contribution in [2.75, 3.05) is 19.6 Å². The number of fused-ring (bicyclic) bond motifs is 1. The molecule has 2 fully saturated rings. The van der Waals surface area contributed by atoms with Gasteiger partial charge in [-0.3, -0.25) is 4.99 Å². The Morgan fingerprint density at radius 1 is 1.29 bits per heavy atom. The summed E-state index contributed by atoms with van der Waals surface area (Å²) in [6.07, 6.45) is 5.64. The van der Waals surface area contributed by atoms with Gasteiger partial charge in [-0.2, -0.15) is 0 Å². The number of likely N-dealkylation sites (tertiary alicyclic amines) is 1. The Morgan fingerprint density at radius 3 is 2.36 bits per heavy atom. The van der Waals surface area contributed by atoms with Crippen molar-refractivity contribution in [2.24, 2.45) is 22.6 Å². The van der Waals surface area contributed by atoms with E-state index in [4.69, 9.17) is 5.73 Å². The zero-order valence-corrected chi connectivity index (χ0v) is 9.08. The van der Waals surface area contributed by atoms with E-state index in [-0.39, 0.29) is 0 Å². The number of nitrogens with zero attached hydrogens (tertiary/aromatic N) is 2. The summed E-state index contributed by atoms with van der Waals surface area (Å²) >= 11 is 0. The van der Waals surface area contributed by atoms with Crippen LogP contribution in [0.3, 0.4) is 0 Å². The minimum Gasteiger partial charge on any atom is -0.370 e. The molecule has 14 heavy (non-hydrogen) atoms. The molecule has 0 aromatic rings. The molecule has 1 aliphatic heterocycles. The highest BCUT2D eigenvalue weighted by Crippen LogP contribution is 2.35.